The summed E-state index contributed by atoms with van der Waals surface area (Å²) in [6, 6.07) is 6.34. The van der Waals surface area contributed by atoms with Crippen molar-refractivity contribution in [3.63, 3.8) is 0 Å². The molecular formula is C24H37IN4O2S. The van der Waals surface area contributed by atoms with E-state index < -0.39 is 0 Å². The van der Waals surface area contributed by atoms with Gasteiger partial charge in [0.05, 0.1) is 30.5 Å². The summed E-state index contributed by atoms with van der Waals surface area (Å²) in [6.07, 6.45) is 1.96. The molecule has 2 heterocycles. The lowest BCUT2D eigenvalue weighted by molar-refractivity contribution is 0.166. The minimum absolute atomic E-state index is 0. The number of halogens is 1. The van der Waals surface area contributed by atoms with Crippen molar-refractivity contribution in [3.05, 3.63) is 45.4 Å². The van der Waals surface area contributed by atoms with Gasteiger partial charge in [-0.3, -0.25) is 0 Å². The van der Waals surface area contributed by atoms with Gasteiger partial charge < -0.3 is 20.1 Å². The second kappa shape index (κ2) is 14.0. The molecule has 6 nitrogen and oxygen atoms in total. The zero-order valence-electron chi connectivity index (χ0n) is 19.6. The van der Waals surface area contributed by atoms with E-state index in [0.29, 0.717) is 25.0 Å². The number of nitrogens with one attached hydrogen (secondary N) is 2. The average Bonchev–Trinajstić information content (AvgIpc) is 3.43. The summed E-state index contributed by atoms with van der Waals surface area (Å²) in [4.78, 5) is 9.50. The van der Waals surface area contributed by atoms with Crippen molar-refractivity contribution in [1.29, 1.82) is 0 Å². The molecule has 1 unspecified atom stereocenters. The molecule has 0 saturated carbocycles. The second-order valence-electron chi connectivity index (χ2n) is 8.36. The van der Waals surface area contributed by atoms with Crippen molar-refractivity contribution < 1.29 is 9.47 Å². The molecule has 2 aromatic rings. The molecule has 1 aromatic heterocycles. The van der Waals surface area contributed by atoms with Gasteiger partial charge in [0.15, 0.2) is 5.96 Å². The number of ether oxygens (including phenoxy) is 2. The molecule has 2 N–H and O–H groups in total. The van der Waals surface area contributed by atoms with E-state index in [1.165, 1.54) is 10.6 Å². The van der Waals surface area contributed by atoms with Gasteiger partial charge in [0.25, 0.3) is 0 Å². The molecule has 1 fully saturated rings. The third-order valence-electron chi connectivity index (χ3n) is 5.21. The first-order valence-electron chi connectivity index (χ1n) is 11.3. The molecule has 0 spiro atoms. The lowest BCUT2D eigenvalue weighted by Gasteiger charge is -2.15. The standard InChI is InChI=1S/C24H36N4O2S.HI/c1-5-25-24(26-10-8-21-16-31-23(28-21)17(2)3)27-13-20-7-6-18(4)12-22(20)30-15-19-9-11-29-14-19;/h6-7,12,16-17,19H,5,8-11,13-15H2,1-4H3,(H2,25,26,27);1H. The Labute approximate surface area is 213 Å². The van der Waals surface area contributed by atoms with Gasteiger partial charge in [0.1, 0.15) is 5.75 Å². The first-order chi connectivity index (χ1) is 15.0. The molecule has 0 bridgehead atoms. The molecule has 0 radical (unpaired) electrons. The highest BCUT2D eigenvalue weighted by Gasteiger charge is 2.17. The number of aromatic nitrogens is 1. The zero-order valence-corrected chi connectivity index (χ0v) is 22.8. The van der Waals surface area contributed by atoms with Crippen molar-refractivity contribution in [3.8, 4) is 5.75 Å². The second-order valence-corrected chi connectivity index (χ2v) is 9.25. The molecule has 32 heavy (non-hydrogen) atoms. The van der Waals surface area contributed by atoms with E-state index >= 15 is 0 Å². The molecule has 1 atom stereocenters. The highest BCUT2D eigenvalue weighted by Crippen LogP contribution is 2.23. The van der Waals surface area contributed by atoms with E-state index in [2.05, 4.69) is 61.9 Å². The van der Waals surface area contributed by atoms with Crippen LogP contribution in [0.2, 0.25) is 0 Å². The maximum absolute atomic E-state index is 6.16. The largest absolute Gasteiger partial charge is 0.493 e. The summed E-state index contributed by atoms with van der Waals surface area (Å²) in [5.74, 6) is 2.71. The van der Waals surface area contributed by atoms with E-state index in [4.69, 9.17) is 19.5 Å². The number of thiazole rings is 1. The SMILES string of the molecule is CCNC(=NCc1ccc(C)cc1OCC1CCOC1)NCCc1csc(C(C)C)n1.I. The highest BCUT2D eigenvalue weighted by atomic mass is 127. The number of benzene rings is 1. The third-order valence-corrected chi connectivity index (χ3v) is 6.40. The first kappa shape index (κ1) is 26.9. The van der Waals surface area contributed by atoms with Crippen LogP contribution >= 0.6 is 35.3 Å². The highest BCUT2D eigenvalue weighted by molar-refractivity contribution is 14.0. The van der Waals surface area contributed by atoms with Crippen LogP contribution in [0.5, 0.6) is 5.75 Å². The Hall–Kier alpha value is -1.39. The number of guanidine groups is 1. The van der Waals surface area contributed by atoms with Gasteiger partial charge in [-0.25, -0.2) is 9.98 Å². The minimum Gasteiger partial charge on any atom is -0.493 e. The fourth-order valence-corrected chi connectivity index (χ4v) is 4.24. The summed E-state index contributed by atoms with van der Waals surface area (Å²) in [6.45, 7) is 13.1. The molecule has 8 heteroatoms. The van der Waals surface area contributed by atoms with E-state index in [0.717, 1.165) is 62.1 Å². The predicted octanol–water partition coefficient (Wildman–Crippen LogP) is 4.91. The van der Waals surface area contributed by atoms with E-state index in [1.54, 1.807) is 11.3 Å². The molecule has 1 aromatic carbocycles. The Morgan fingerprint density at radius 2 is 2.19 bits per heavy atom. The predicted molar refractivity (Wildman–Crippen MR) is 144 cm³/mol. The Morgan fingerprint density at radius 3 is 2.88 bits per heavy atom. The molecule has 178 valence electrons. The molecule has 0 amide bonds. The van der Waals surface area contributed by atoms with Gasteiger partial charge >= 0.3 is 0 Å². The normalized spacial score (nSPS) is 16.2. The summed E-state index contributed by atoms with van der Waals surface area (Å²) in [5, 5.41) is 10.1. The maximum Gasteiger partial charge on any atom is 0.191 e. The summed E-state index contributed by atoms with van der Waals surface area (Å²) in [7, 11) is 0. The van der Waals surface area contributed by atoms with Crippen LogP contribution < -0.4 is 15.4 Å². The molecular weight excluding hydrogens is 535 g/mol. The molecule has 3 rings (SSSR count). The number of rotatable bonds is 10. The topological polar surface area (TPSA) is 67.8 Å². The lowest BCUT2D eigenvalue weighted by atomic mass is 10.1. The van der Waals surface area contributed by atoms with Gasteiger partial charge in [0, 0.05) is 48.9 Å². The van der Waals surface area contributed by atoms with Crippen molar-refractivity contribution in [2.45, 2.75) is 53.0 Å². The number of hydrogen-bond donors (Lipinski definition) is 2. The third kappa shape index (κ3) is 8.51. The monoisotopic (exact) mass is 572 g/mol. The van der Waals surface area contributed by atoms with Crippen molar-refractivity contribution in [2.24, 2.45) is 10.9 Å². The van der Waals surface area contributed by atoms with Crippen molar-refractivity contribution >= 4 is 41.3 Å². The van der Waals surface area contributed by atoms with E-state index in [9.17, 15) is 0 Å². The van der Waals surface area contributed by atoms with Gasteiger partial charge in [-0.15, -0.1) is 35.3 Å². The van der Waals surface area contributed by atoms with Crippen LogP contribution in [0.3, 0.4) is 0 Å². The summed E-state index contributed by atoms with van der Waals surface area (Å²) in [5.41, 5.74) is 3.43. The number of nitrogens with zero attached hydrogens (tertiary/aromatic N) is 2. The number of aliphatic imine (C=N–C) groups is 1. The molecule has 1 aliphatic heterocycles. The van der Waals surface area contributed by atoms with Gasteiger partial charge in [-0.2, -0.15) is 0 Å². The first-order valence-corrected chi connectivity index (χ1v) is 12.2. The number of aryl methyl sites for hydroxylation is 1. The zero-order chi connectivity index (χ0) is 22.1. The van der Waals surface area contributed by atoms with Crippen molar-refractivity contribution in [2.75, 3.05) is 32.9 Å². The van der Waals surface area contributed by atoms with Crippen LogP contribution in [0, 0.1) is 12.8 Å². The summed E-state index contributed by atoms with van der Waals surface area (Å²) >= 11 is 1.74. The van der Waals surface area contributed by atoms with Crippen LogP contribution in [0.4, 0.5) is 0 Å². The molecule has 1 saturated heterocycles. The quantitative estimate of drug-likeness (QED) is 0.241. The average molecular weight is 573 g/mol. The van der Waals surface area contributed by atoms with E-state index in [-0.39, 0.29) is 24.0 Å². The van der Waals surface area contributed by atoms with Crippen LogP contribution in [-0.2, 0) is 17.7 Å². The Kier molecular flexibility index (Phi) is 11.7. The Morgan fingerprint density at radius 1 is 1.34 bits per heavy atom. The van der Waals surface area contributed by atoms with Gasteiger partial charge in [-0.05, 0) is 31.9 Å². The maximum atomic E-state index is 6.16. The van der Waals surface area contributed by atoms with Crippen LogP contribution in [-0.4, -0.2) is 43.9 Å². The van der Waals surface area contributed by atoms with Crippen LogP contribution in [0.1, 0.15) is 54.9 Å². The van der Waals surface area contributed by atoms with Crippen LogP contribution in [0.15, 0.2) is 28.6 Å². The smallest absolute Gasteiger partial charge is 0.191 e. The Bertz CT molecular complexity index is 850. The molecule has 0 aliphatic carbocycles. The van der Waals surface area contributed by atoms with E-state index in [1.807, 2.05) is 0 Å². The lowest BCUT2D eigenvalue weighted by Crippen LogP contribution is -2.38. The molecule has 1 aliphatic rings. The number of hydrogen-bond acceptors (Lipinski definition) is 5. The van der Waals surface area contributed by atoms with Gasteiger partial charge in [-0.1, -0.05) is 26.0 Å². The van der Waals surface area contributed by atoms with Crippen LogP contribution in [0.25, 0.3) is 0 Å². The summed E-state index contributed by atoms with van der Waals surface area (Å²) < 4.78 is 11.6. The fraction of sp³-hybridized carbons (Fsp3) is 0.583. The van der Waals surface area contributed by atoms with Crippen molar-refractivity contribution in [1.82, 2.24) is 15.6 Å². The fourth-order valence-electron chi connectivity index (χ4n) is 3.37. The van der Waals surface area contributed by atoms with Gasteiger partial charge in [0.2, 0.25) is 0 Å². The Balaban J connectivity index is 0.00000363. The minimum atomic E-state index is 0.